The summed E-state index contributed by atoms with van der Waals surface area (Å²) in [4.78, 5) is 21.8. The SMILES string of the molecule is CCSC1(C(=O)NCc2cccc(F)c2)CN=c2ccncc2=C1C. The van der Waals surface area contributed by atoms with Gasteiger partial charge in [-0.2, -0.15) is 0 Å². The topological polar surface area (TPSA) is 54.4 Å². The summed E-state index contributed by atoms with van der Waals surface area (Å²) in [7, 11) is 0. The van der Waals surface area contributed by atoms with Crippen LogP contribution in [-0.4, -0.2) is 27.9 Å². The summed E-state index contributed by atoms with van der Waals surface area (Å²) >= 11 is 1.57. The van der Waals surface area contributed by atoms with Crippen molar-refractivity contribution in [2.45, 2.75) is 25.1 Å². The standard InChI is InChI=1S/C19H20FN3OS/c1-3-25-19(12-23-17-7-8-21-11-16(17)13(19)2)18(24)22-10-14-5-4-6-15(20)9-14/h4-9,11H,3,10,12H2,1-2H3,(H,22,24). The second-order valence-electron chi connectivity index (χ2n) is 5.91. The smallest absolute Gasteiger partial charge is 0.242 e. The first-order chi connectivity index (χ1) is 12.1. The van der Waals surface area contributed by atoms with Crippen molar-refractivity contribution >= 4 is 23.2 Å². The van der Waals surface area contributed by atoms with E-state index in [1.807, 2.05) is 19.9 Å². The van der Waals surface area contributed by atoms with Gasteiger partial charge in [0.05, 0.1) is 11.9 Å². The number of hydrogen-bond acceptors (Lipinski definition) is 4. The molecule has 0 saturated heterocycles. The molecule has 1 amide bonds. The van der Waals surface area contributed by atoms with E-state index >= 15 is 0 Å². The molecule has 2 aromatic rings. The van der Waals surface area contributed by atoms with Crippen LogP contribution in [0.1, 0.15) is 19.4 Å². The molecule has 0 bridgehead atoms. The molecule has 0 spiro atoms. The molecule has 2 heterocycles. The van der Waals surface area contributed by atoms with E-state index in [1.54, 1.807) is 36.3 Å². The monoisotopic (exact) mass is 357 g/mol. The maximum atomic E-state index is 13.3. The Morgan fingerprint density at radius 2 is 2.24 bits per heavy atom. The van der Waals surface area contributed by atoms with Crippen LogP contribution in [0.3, 0.4) is 0 Å². The Hall–Kier alpha value is -2.21. The van der Waals surface area contributed by atoms with Crippen molar-refractivity contribution in [2.24, 2.45) is 4.99 Å². The Morgan fingerprint density at radius 3 is 3.00 bits per heavy atom. The van der Waals surface area contributed by atoms with E-state index in [9.17, 15) is 9.18 Å². The Balaban J connectivity index is 1.91. The number of halogens is 1. The number of benzene rings is 1. The van der Waals surface area contributed by atoms with E-state index < -0.39 is 4.75 Å². The number of carbonyl (C=O) groups is 1. The summed E-state index contributed by atoms with van der Waals surface area (Å²) in [6, 6.07) is 8.12. The molecular weight excluding hydrogens is 337 g/mol. The molecule has 1 N–H and O–H groups in total. The lowest BCUT2D eigenvalue weighted by molar-refractivity contribution is -0.122. The minimum absolute atomic E-state index is 0.0978. The van der Waals surface area contributed by atoms with Gasteiger partial charge in [0.2, 0.25) is 5.91 Å². The summed E-state index contributed by atoms with van der Waals surface area (Å²) < 4.78 is 12.6. The first-order valence-electron chi connectivity index (χ1n) is 8.19. The molecule has 0 aliphatic carbocycles. The van der Waals surface area contributed by atoms with Gasteiger partial charge in [-0.15, -0.1) is 11.8 Å². The van der Waals surface area contributed by atoms with Gasteiger partial charge < -0.3 is 5.32 Å². The quantitative estimate of drug-likeness (QED) is 0.888. The lowest BCUT2D eigenvalue weighted by Gasteiger charge is -2.33. The van der Waals surface area contributed by atoms with Crippen LogP contribution in [0.25, 0.3) is 5.57 Å². The van der Waals surface area contributed by atoms with Crippen molar-refractivity contribution in [3.05, 3.63) is 64.7 Å². The molecule has 1 aromatic carbocycles. The van der Waals surface area contributed by atoms with Crippen molar-refractivity contribution < 1.29 is 9.18 Å². The number of amides is 1. The highest BCUT2D eigenvalue weighted by molar-refractivity contribution is 8.01. The molecule has 4 nitrogen and oxygen atoms in total. The van der Waals surface area contributed by atoms with Crippen molar-refractivity contribution in [1.82, 2.24) is 10.3 Å². The Morgan fingerprint density at radius 1 is 1.40 bits per heavy atom. The highest BCUT2D eigenvalue weighted by Crippen LogP contribution is 2.35. The molecule has 130 valence electrons. The minimum Gasteiger partial charge on any atom is -0.350 e. The maximum absolute atomic E-state index is 13.3. The van der Waals surface area contributed by atoms with E-state index in [0.717, 1.165) is 27.5 Å². The van der Waals surface area contributed by atoms with Crippen LogP contribution >= 0.6 is 11.8 Å². The number of thioether (sulfide) groups is 1. The summed E-state index contributed by atoms with van der Waals surface area (Å²) in [5.41, 5.74) is 1.70. The van der Waals surface area contributed by atoms with Crippen molar-refractivity contribution in [3.63, 3.8) is 0 Å². The predicted molar refractivity (Wildman–Crippen MR) is 98.1 cm³/mol. The number of pyridine rings is 1. The van der Waals surface area contributed by atoms with Gasteiger partial charge in [0.15, 0.2) is 0 Å². The fourth-order valence-electron chi connectivity index (χ4n) is 3.03. The molecule has 1 unspecified atom stereocenters. The lowest BCUT2D eigenvalue weighted by Crippen LogP contribution is -2.53. The summed E-state index contributed by atoms with van der Waals surface area (Å²) in [6.45, 7) is 4.68. The lowest BCUT2D eigenvalue weighted by atomic mass is 9.94. The average Bonchev–Trinajstić information content (AvgIpc) is 2.62. The van der Waals surface area contributed by atoms with Gasteiger partial charge in [0.1, 0.15) is 10.6 Å². The summed E-state index contributed by atoms with van der Waals surface area (Å²) in [5.74, 6) is 0.384. The van der Waals surface area contributed by atoms with Crippen molar-refractivity contribution in [1.29, 1.82) is 0 Å². The van der Waals surface area contributed by atoms with Crippen molar-refractivity contribution in [2.75, 3.05) is 12.3 Å². The van der Waals surface area contributed by atoms with Crippen LogP contribution < -0.4 is 15.9 Å². The zero-order valence-corrected chi connectivity index (χ0v) is 15.1. The molecule has 1 aliphatic heterocycles. The molecule has 1 aromatic heterocycles. The van der Waals surface area contributed by atoms with Gasteiger partial charge in [0, 0.05) is 24.2 Å². The zero-order chi connectivity index (χ0) is 17.9. The van der Waals surface area contributed by atoms with Gasteiger partial charge in [-0.25, -0.2) is 4.39 Å². The van der Waals surface area contributed by atoms with Gasteiger partial charge in [-0.3, -0.25) is 14.8 Å². The highest BCUT2D eigenvalue weighted by atomic mass is 32.2. The van der Waals surface area contributed by atoms with Crippen LogP contribution in [0, 0.1) is 5.82 Å². The number of fused-ring (bicyclic) bond motifs is 1. The average molecular weight is 357 g/mol. The van der Waals surface area contributed by atoms with Crippen LogP contribution in [0.15, 0.2) is 47.7 Å². The third kappa shape index (κ3) is 3.44. The normalized spacial score (nSPS) is 19.1. The first kappa shape index (κ1) is 17.6. The van der Waals surface area contributed by atoms with E-state index in [1.165, 1.54) is 12.1 Å². The molecule has 0 fully saturated rings. The highest BCUT2D eigenvalue weighted by Gasteiger charge is 2.42. The van der Waals surface area contributed by atoms with E-state index in [2.05, 4.69) is 15.3 Å². The third-order valence-corrected chi connectivity index (χ3v) is 5.78. The number of rotatable bonds is 5. The first-order valence-corrected chi connectivity index (χ1v) is 9.18. The molecular formula is C19H20FN3OS. The fourth-order valence-corrected chi connectivity index (χ4v) is 4.20. The molecule has 3 rings (SSSR count). The maximum Gasteiger partial charge on any atom is 0.242 e. The zero-order valence-electron chi connectivity index (χ0n) is 14.3. The van der Waals surface area contributed by atoms with Crippen LogP contribution in [0.4, 0.5) is 4.39 Å². The number of carbonyl (C=O) groups excluding carboxylic acids is 1. The van der Waals surface area contributed by atoms with E-state index in [0.29, 0.717) is 6.54 Å². The second kappa shape index (κ2) is 7.35. The second-order valence-corrected chi connectivity index (χ2v) is 7.47. The molecule has 0 saturated carbocycles. The van der Waals surface area contributed by atoms with Gasteiger partial charge in [0.25, 0.3) is 0 Å². The Labute approximate surface area is 150 Å². The fraction of sp³-hybridized carbons (Fsp3) is 0.316. The number of hydrogen-bond donors (Lipinski definition) is 1. The summed E-state index contributed by atoms with van der Waals surface area (Å²) in [6.07, 6.45) is 3.47. The molecule has 0 radical (unpaired) electrons. The number of nitrogens with zero attached hydrogens (tertiary/aromatic N) is 2. The van der Waals surface area contributed by atoms with Crippen LogP contribution in [0.2, 0.25) is 0 Å². The molecule has 6 heteroatoms. The minimum atomic E-state index is -0.752. The number of nitrogens with one attached hydrogen (secondary N) is 1. The van der Waals surface area contributed by atoms with E-state index in [4.69, 9.17) is 0 Å². The van der Waals surface area contributed by atoms with E-state index in [-0.39, 0.29) is 18.3 Å². The molecule has 1 aliphatic rings. The van der Waals surface area contributed by atoms with Crippen molar-refractivity contribution in [3.8, 4) is 0 Å². The van der Waals surface area contributed by atoms with Gasteiger partial charge in [-0.1, -0.05) is 19.1 Å². The van der Waals surface area contributed by atoms with Crippen LogP contribution in [-0.2, 0) is 11.3 Å². The number of aromatic nitrogens is 1. The van der Waals surface area contributed by atoms with Gasteiger partial charge in [-0.05, 0) is 42.0 Å². The Kier molecular flexibility index (Phi) is 5.18. The van der Waals surface area contributed by atoms with Crippen LogP contribution in [0.5, 0.6) is 0 Å². The molecule has 1 atom stereocenters. The van der Waals surface area contributed by atoms with Gasteiger partial charge >= 0.3 is 0 Å². The predicted octanol–water partition coefficient (Wildman–Crippen LogP) is 1.83. The Bertz CT molecular complexity index is 915. The largest absolute Gasteiger partial charge is 0.350 e. The summed E-state index contributed by atoms with van der Waals surface area (Å²) in [5, 5.41) is 4.74. The third-order valence-electron chi connectivity index (χ3n) is 4.38. The molecule has 25 heavy (non-hydrogen) atoms.